The molecular formula is C9H10N2S2. The Morgan fingerprint density at radius 1 is 1.46 bits per heavy atom. The summed E-state index contributed by atoms with van der Waals surface area (Å²) in [6, 6.07) is 4.19. The van der Waals surface area contributed by atoms with Crippen molar-refractivity contribution in [2.24, 2.45) is 0 Å². The molecule has 2 aromatic heterocycles. The van der Waals surface area contributed by atoms with Crippen molar-refractivity contribution in [2.75, 3.05) is 7.05 Å². The second-order valence-corrected chi connectivity index (χ2v) is 4.69. The number of hydrogen-bond acceptors (Lipinski definition) is 4. The van der Waals surface area contributed by atoms with E-state index in [1.54, 1.807) is 22.7 Å². The molecule has 0 aliphatic rings. The molecule has 0 spiro atoms. The average molecular weight is 210 g/mol. The molecule has 1 N–H and O–H groups in total. The van der Waals surface area contributed by atoms with Crippen LogP contribution in [0.4, 0.5) is 0 Å². The van der Waals surface area contributed by atoms with E-state index in [-0.39, 0.29) is 0 Å². The zero-order valence-corrected chi connectivity index (χ0v) is 8.91. The van der Waals surface area contributed by atoms with Gasteiger partial charge in [0.25, 0.3) is 0 Å². The summed E-state index contributed by atoms with van der Waals surface area (Å²) in [5.74, 6) is 0. The van der Waals surface area contributed by atoms with Gasteiger partial charge in [-0.1, -0.05) is 6.07 Å². The van der Waals surface area contributed by atoms with Gasteiger partial charge in [-0.15, -0.1) is 22.7 Å². The molecule has 0 bridgehead atoms. The van der Waals surface area contributed by atoms with Crippen molar-refractivity contribution >= 4 is 22.7 Å². The standard InChI is InChI=1S/C9H10N2S2/c1-10-6-9-11-5-8(13-9)7-3-2-4-12-7/h2-5,10H,6H2,1H3. The molecule has 2 aromatic rings. The van der Waals surface area contributed by atoms with E-state index in [4.69, 9.17) is 0 Å². The second kappa shape index (κ2) is 4.00. The first-order valence-electron chi connectivity index (χ1n) is 4.03. The van der Waals surface area contributed by atoms with E-state index < -0.39 is 0 Å². The molecule has 0 unspecified atom stereocenters. The van der Waals surface area contributed by atoms with E-state index >= 15 is 0 Å². The lowest BCUT2D eigenvalue weighted by Crippen LogP contribution is -2.03. The van der Waals surface area contributed by atoms with Crippen molar-refractivity contribution in [1.29, 1.82) is 0 Å². The molecule has 2 rings (SSSR count). The van der Waals surface area contributed by atoms with Gasteiger partial charge in [0.05, 0.1) is 4.88 Å². The van der Waals surface area contributed by atoms with Crippen LogP contribution in [0.25, 0.3) is 9.75 Å². The first-order valence-corrected chi connectivity index (χ1v) is 5.73. The zero-order valence-electron chi connectivity index (χ0n) is 7.28. The average Bonchev–Trinajstić information content (AvgIpc) is 2.70. The van der Waals surface area contributed by atoms with Gasteiger partial charge in [-0.25, -0.2) is 4.98 Å². The topological polar surface area (TPSA) is 24.9 Å². The van der Waals surface area contributed by atoms with Crippen LogP contribution in [0.3, 0.4) is 0 Å². The summed E-state index contributed by atoms with van der Waals surface area (Å²) in [6.07, 6.45) is 1.95. The van der Waals surface area contributed by atoms with Crippen molar-refractivity contribution in [3.8, 4) is 9.75 Å². The van der Waals surface area contributed by atoms with Gasteiger partial charge in [0.2, 0.25) is 0 Å². The fraction of sp³-hybridized carbons (Fsp3) is 0.222. The van der Waals surface area contributed by atoms with Gasteiger partial charge < -0.3 is 5.32 Å². The molecule has 0 atom stereocenters. The normalized spacial score (nSPS) is 10.5. The number of nitrogens with zero attached hydrogens (tertiary/aromatic N) is 1. The van der Waals surface area contributed by atoms with E-state index in [0.29, 0.717) is 0 Å². The van der Waals surface area contributed by atoms with E-state index in [1.807, 2.05) is 13.2 Å². The molecule has 2 heterocycles. The van der Waals surface area contributed by atoms with Crippen molar-refractivity contribution in [1.82, 2.24) is 10.3 Å². The number of thiophene rings is 1. The first-order chi connectivity index (χ1) is 6.40. The number of thiazole rings is 1. The van der Waals surface area contributed by atoms with E-state index in [2.05, 4.69) is 27.8 Å². The minimum Gasteiger partial charge on any atom is -0.314 e. The molecule has 0 amide bonds. The van der Waals surface area contributed by atoms with Crippen LogP contribution in [-0.4, -0.2) is 12.0 Å². The zero-order chi connectivity index (χ0) is 9.10. The van der Waals surface area contributed by atoms with E-state index in [1.165, 1.54) is 9.75 Å². The molecule has 4 heteroatoms. The van der Waals surface area contributed by atoms with Crippen LogP contribution < -0.4 is 5.32 Å². The monoisotopic (exact) mass is 210 g/mol. The van der Waals surface area contributed by atoms with Crippen LogP contribution in [0.2, 0.25) is 0 Å². The molecule has 0 fully saturated rings. The highest BCUT2D eigenvalue weighted by Gasteiger charge is 2.03. The lowest BCUT2D eigenvalue weighted by Gasteiger charge is -1.90. The maximum absolute atomic E-state index is 4.32. The smallest absolute Gasteiger partial charge is 0.107 e. The third-order valence-electron chi connectivity index (χ3n) is 1.65. The lowest BCUT2D eigenvalue weighted by atomic mass is 10.4. The Morgan fingerprint density at radius 2 is 2.38 bits per heavy atom. The van der Waals surface area contributed by atoms with E-state index in [9.17, 15) is 0 Å². The predicted octanol–water partition coefficient (Wildman–Crippen LogP) is 2.59. The number of rotatable bonds is 3. The summed E-state index contributed by atoms with van der Waals surface area (Å²) in [4.78, 5) is 6.89. The van der Waals surface area contributed by atoms with Crippen molar-refractivity contribution < 1.29 is 0 Å². The molecule has 0 aromatic carbocycles. The Kier molecular flexibility index (Phi) is 2.73. The van der Waals surface area contributed by atoms with Crippen LogP contribution in [0, 0.1) is 0 Å². The van der Waals surface area contributed by atoms with Crippen molar-refractivity contribution in [3.05, 3.63) is 28.7 Å². The van der Waals surface area contributed by atoms with Crippen molar-refractivity contribution in [3.63, 3.8) is 0 Å². The van der Waals surface area contributed by atoms with Gasteiger partial charge in [0.1, 0.15) is 5.01 Å². The summed E-state index contributed by atoms with van der Waals surface area (Å²) in [6.45, 7) is 0.857. The molecule has 0 aliphatic heterocycles. The maximum atomic E-state index is 4.32. The summed E-state index contributed by atoms with van der Waals surface area (Å²) in [5, 5.41) is 6.33. The predicted molar refractivity (Wildman–Crippen MR) is 58.2 cm³/mol. The molecule has 0 saturated carbocycles. The summed E-state index contributed by atoms with van der Waals surface area (Å²) >= 11 is 3.51. The second-order valence-electron chi connectivity index (χ2n) is 2.63. The van der Waals surface area contributed by atoms with Crippen LogP contribution in [0.15, 0.2) is 23.7 Å². The number of nitrogens with one attached hydrogen (secondary N) is 1. The van der Waals surface area contributed by atoms with E-state index in [0.717, 1.165) is 11.6 Å². The minimum absolute atomic E-state index is 0.857. The van der Waals surface area contributed by atoms with Gasteiger partial charge in [-0.05, 0) is 18.5 Å². The Morgan fingerprint density at radius 3 is 3.08 bits per heavy atom. The summed E-state index contributed by atoms with van der Waals surface area (Å²) in [5.41, 5.74) is 0. The molecule has 0 saturated heterocycles. The van der Waals surface area contributed by atoms with Crippen molar-refractivity contribution in [2.45, 2.75) is 6.54 Å². The molecule has 0 aliphatic carbocycles. The fourth-order valence-corrected chi connectivity index (χ4v) is 2.82. The van der Waals surface area contributed by atoms with Gasteiger partial charge in [-0.3, -0.25) is 0 Å². The van der Waals surface area contributed by atoms with Gasteiger partial charge in [0.15, 0.2) is 0 Å². The quantitative estimate of drug-likeness (QED) is 0.842. The lowest BCUT2D eigenvalue weighted by molar-refractivity contribution is 0.810. The molecular weight excluding hydrogens is 200 g/mol. The molecule has 2 nitrogen and oxygen atoms in total. The molecule has 68 valence electrons. The number of aromatic nitrogens is 1. The molecule has 13 heavy (non-hydrogen) atoms. The maximum Gasteiger partial charge on any atom is 0.107 e. The Bertz CT molecular complexity index is 365. The highest BCUT2D eigenvalue weighted by Crippen LogP contribution is 2.29. The van der Waals surface area contributed by atoms with Crippen LogP contribution in [-0.2, 0) is 6.54 Å². The summed E-state index contributed by atoms with van der Waals surface area (Å²) in [7, 11) is 1.94. The summed E-state index contributed by atoms with van der Waals surface area (Å²) < 4.78 is 0. The van der Waals surface area contributed by atoms with Crippen LogP contribution in [0.5, 0.6) is 0 Å². The highest BCUT2D eigenvalue weighted by atomic mass is 32.1. The van der Waals surface area contributed by atoms with Crippen LogP contribution in [0.1, 0.15) is 5.01 Å². The first kappa shape index (κ1) is 8.87. The van der Waals surface area contributed by atoms with Gasteiger partial charge in [-0.2, -0.15) is 0 Å². The largest absolute Gasteiger partial charge is 0.314 e. The number of hydrogen-bond donors (Lipinski definition) is 1. The van der Waals surface area contributed by atoms with Gasteiger partial charge in [0, 0.05) is 17.6 Å². The Hall–Kier alpha value is -0.710. The SMILES string of the molecule is CNCc1ncc(-c2cccs2)s1. The highest BCUT2D eigenvalue weighted by molar-refractivity contribution is 7.21. The Labute approximate surface area is 85.3 Å². The van der Waals surface area contributed by atoms with Crippen LogP contribution >= 0.6 is 22.7 Å². The third-order valence-corrected chi connectivity index (χ3v) is 3.71. The third kappa shape index (κ3) is 1.96. The molecule has 0 radical (unpaired) electrons. The van der Waals surface area contributed by atoms with Gasteiger partial charge >= 0.3 is 0 Å². The fourth-order valence-electron chi connectivity index (χ4n) is 1.08. The Balaban J connectivity index is 2.23. The minimum atomic E-state index is 0.857.